The maximum absolute atomic E-state index is 11.9. The topological polar surface area (TPSA) is 157 Å². The van der Waals surface area contributed by atoms with Crippen molar-refractivity contribution in [2.45, 2.75) is 88.5 Å². The number of rotatable bonds is 21. The van der Waals surface area contributed by atoms with Crippen LogP contribution in [0.4, 0.5) is 0 Å². The molecule has 0 aliphatic carbocycles. The SMILES string of the molecule is CCCCCCCC\C=C/C=C/C=C/[C@@H](SC[C@H]([NH3+])C(=O)NCC(=O)[O-])[C@@H](O)CCCC(=O)[O-]. The summed E-state index contributed by atoms with van der Waals surface area (Å²) in [6.45, 7) is 1.63. The van der Waals surface area contributed by atoms with Crippen LogP contribution in [-0.2, 0) is 14.4 Å². The number of aliphatic hydroxyl groups is 1. The van der Waals surface area contributed by atoms with E-state index in [0.29, 0.717) is 0 Å². The molecule has 0 bridgehead atoms. The van der Waals surface area contributed by atoms with Gasteiger partial charge in [-0.05, 0) is 32.1 Å². The van der Waals surface area contributed by atoms with Crippen molar-refractivity contribution in [2.24, 2.45) is 0 Å². The Balaban J connectivity index is 4.62. The van der Waals surface area contributed by atoms with Gasteiger partial charge in [-0.2, -0.15) is 0 Å². The third kappa shape index (κ3) is 19.4. The van der Waals surface area contributed by atoms with Crippen LogP contribution in [0.25, 0.3) is 0 Å². The van der Waals surface area contributed by atoms with Gasteiger partial charge in [0.15, 0.2) is 6.04 Å². The van der Waals surface area contributed by atoms with E-state index in [1.54, 1.807) is 6.08 Å². The molecule has 0 aromatic rings. The molecule has 34 heavy (non-hydrogen) atoms. The molecule has 194 valence electrons. The Morgan fingerprint density at radius 3 is 2.32 bits per heavy atom. The summed E-state index contributed by atoms with van der Waals surface area (Å²) in [5, 5.41) is 33.4. The number of quaternary nitrogens is 1. The average Bonchev–Trinajstić information content (AvgIpc) is 2.79. The number of aliphatic carboxylic acids is 2. The molecule has 0 fully saturated rings. The molecule has 0 heterocycles. The molecule has 9 heteroatoms. The third-order valence-electron chi connectivity index (χ3n) is 5.02. The minimum absolute atomic E-state index is 0.134. The van der Waals surface area contributed by atoms with Crippen LogP contribution >= 0.6 is 11.8 Å². The second-order valence-electron chi connectivity index (χ2n) is 8.17. The van der Waals surface area contributed by atoms with Crippen LogP contribution < -0.4 is 21.3 Å². The van der Waals surface area contributed by atoms with Gasteiger partial charge in [0.25, 0.3) is 5.91 Å². The van der Waals surface area contributed by atoms with E-state index in [-0.39, 0.29) is 30.3 Å². The maximum Gasteiger partial charge on any atom is 0.279 e. The Labute approximate surface area is 207 Å². The van der Waals surface area contributed by atoms with E-state index in [1.807, 2.05) is 24.3 Å². The minimum Gasteiger partial charge on any atom is -0.550 e. The van der Waals surface area contributed by atoms with Crippen LogP contribution in [0, 0.1) is 0 Å². The van der Waals surface area contributed by atoms with Gasteiger partial charge in [-0.1, -0.05) is 75.5 Å². The van der Waals surface area contributed by atoms with Crippen LogP contribution in [0.3, 0.4) is 0 Å². The zero-order valence-electron chi connectivity index (χ0n) is 20.3. The number of hydrogen-bond acceptors (Lipinski definition) is 7. The van der Waals surface area contributed by atoms with Gasteiger partial charge in [0.1, 0.15) is 0 Å². The van der Waals surface area contributed by atoms with Crippen LogP contribution in [0.15, 0.2) is 36.5 Å². The number of unbranched alkanes of at least 4 members (excludes halogenated alkanes) is 6. The summed E-state index contributed by atoms with van der Waals surface area (Å²) in [5.41, 5.74) is 3.74. The van der Waals surface area contributed by atoms with Crippen molar-refractivity contribution >= 4 is 29.6 Å². The maximum atomic E-state index is 11.9. The van der Waals surface area contributed by atoms with E-state index >= 15 is 0 Å². The second kappa shape index (κ2) is 21.4. The first-order chi connectivity index (χ1) is 16.3. The average molecular weight is 498 g/mol. The first-order valence-electron chi connectivity index (χ1n) is 12.1. The number of carboxylic acids is 2. The predicted octanol–water partition coefficient (Wildman–Crippen LogP) is 0.265. The first-order valence-corrected chi connectivity index (χ1v) is 13.1. The van der Waals surface area contributed by atoms with Crippen molar-refractivity contribution < 1.29 is 35.4 Å². The molecule has 3 atom stereocenters. The Morgan fingerprint density at radius 1 is 0.971 bits per heavy atom. The normalized spacial score (nSPS) is 14.6. The quantitative estimate of drug-likeness (QED) is 0.152. The molecule has 0 aliphatic rings. The number of amides is 1. The largest absolute Gasteiger partial charge is 0.550 e. The van der Waals surface area contributed by atoms with Crippen LogP contribution in [0.2, 0.25) is 0 Å². The van der Waals surface area contributed by atoms with Crippen molar-refractivity contribution in [1.29, 1.82) is 0 Å². The van der Waals surface area contributed by atoms with Crippen molar-refractivity contribution in [3.8, 4) is 0 Å². The number of carbonyl (C=O) groups is 3. The number of nitrogens with one attached hydrogen (secondary N) is 1. The summed E-state index contributed by atoms with van der Waals surface area (Å²) in [7, 11) is 0. The highest BCUT2D eigenvalue weighted by Crippen LogP contribution is 2.21. The standard InChI is InChI=1S/C25H42N2O6S/c1-2-3-4-5-6-7-8-9-10-11-12-13-16-22(21(28)15-14-17-23(29)30)34-19-20(26)25(33)27-18-24(31)32/h9-13,16,20-22,28H,2-8,14-15,17-19,26H2,1H3,(H,27,33)(H,29,30)(H,31,32)/p-1/b10-9-,12-11+,16-13+/t20-,21-,22+/m0/s1. The van der Waals surface area contributed by atoms with E-state index < -0.39 is 36.5 Å². The lowest BCUT2D eigenvalue weighted by molar-refractivity contribution is -0.396. The van der Waals surface area contributed by atoms with Crippen molar-refractivity contribution in [2.75, 3.05) is 12.3 Å². The fourth-order valence-electron chi connectivity index (χ4n) is 3.04. The molecule has 0 aromatic heterocycles. The zero-order chi connectivity index (χ0) is 25.6. The number of carbonyl (C=O) groups excluding carboxylic acids is 3. The highest BCUT2D eigenvalue weighted by molar-refractivity contribution is 8.00. The molecular weight excluding hydrogens is 456 g/mol. The van der Waals surface area contributed by atoms with E-state index in [1.165, 1.54) is 50.3 Å². The van der Waals surface area contributed by atoms with Gasteiger partial charge in [0, 0.05) is 11.2 Å². The van der Waals surface area contributed by atoms with E-state index in [4.69, 9.17) is 0 Å². The second-order valence-corrected chi connectivity index (χ2v) is 9.38. The molecule has 0 aromatic carbocycles. The van der Waals surface area contributed by atoms with E-state index in [0.717, 1.165) is 6.42 Å². The van der Waals surface area contributed by atoms with Gasteiger partial charge in [0.05, 0.1) is 24.4 Å². The lowest BCUT2D eigenvalue weighted by atomic mass is 10.1. The van der Waals surface area contributed by atoms with E-state index in [9.17, 15) is 29.7 Å². The van der Waals surface area contributed by atoms with Crippen molar-refractivity contribution in [3.05, 3.63) is 36.5 Å². The highest BCUT2D eigenvalue weighted by Gasteiger charge is 2.22. The number of allylic oxidation sites excluding steroid dienone is 5. The lowest BCUT2D eigenvalue weighted by Gasteiger charge is -2.20. The highest BCUT2D eigenvalue weighted by atomic mass is 32.2. The van der Waals surface area contributed by atoms with Gasteiger partial charge in [-0.15, -0.1) is 11.8 Å². The Kier molecular flexibility index (Phi) is 20.1. The molecule has 0 radical (unpaired) electrons. The predicted molar refractivity (Wildman–Crippen MR) is 131 cm³/mol. The van der Waals surface area contributed by atoms with Crippen molar-refractivity contribution in [3.63, 3.8) is 0 Å². The van der Waals surface area contributed by atoms with Crippen LogP contribution in [0.5, 0.6) is 0 Å². The molecule has 1 amide bonds. The molecule has 0 spiro atoms. The summed E-state index contributed by atoms with van der Waals surface area (Å²) in [6.07, 6.45) is 19.7. The lowest BCUT2D eigenvalue weighted by Crippen LogP contribution is -2.69. The molecule has 0 aliphatic heterocycles. The van der Waals surface area contributed by atoms with E-state index in [2.05, 4.69) is 24.1 Å². The van der Waals surface area contributed by atoms with Crippen molar-refractivity contribution in [1.82, 2.24) is 5.32 Å². The monoisotopic (exact) mass is 497 g/mol. The number of carboxylic acid groups (broad SMARTS) is 2. The third-order valence-corrected chi connectivity index (χ3v) is 6.47. The molecule has 8 nitrogen and oxygen atoms in total. The number of thioether (sulfide) groups is 1. The number of aliphatic hydroxyl groups excluding tert-OH is 1. The van der Waals surface area contributed by atoms with Gasteiger partial charge in [-0.25, -0.2) is 0 Å². The Hall–Kier alpha value is -2.10. The molecule has 0 unspecified atom stereocenters. The molecular formula is C25H41N2O6S-. The fourth-order valence-corrected chi connectivity index (χ4v) is 4.21. The van der Waals surface area contributed by atoms with Gasteiger partial charge < -0.3 is 36.0 Å². The summed E-state index contributed by atoms with van der Waals surface area (Å²) in [6, 6.07) is -0.712. The molecule has 0 saturated heterocycles. The first kappa shape index (κ1) is 31.9. The Bertz CT molecular complexity index is 666. The summed E-state index contributed by atoms with van der Waals surface area (Å²) in [4.78, 5) is 33.0. The summed E-state index contributed by atoms with van der Waals surface area (Å²) < 4.78 is 0. The Morgan fingerprint density at radius 2 is 1.65 bits per heavy atom. The smallest absolute Gasteiger partial charge is 0.279 e. The van der Waals surface area contributed by atoms with Crippen LogP contribution in [0.1, 0.15) is 71.1 Å². The van der Waals surface area contributed by atoms with Crippen LogP contribution in [-0.4, -0.2) is 52.6 Å². The molecule has 5 N–H and O–H groups in total. The fraction of sp³-hybridized carbons (Fsp3) is 0.640. The molecule has 0 saturated carbocycles. The zero-order valence-corrected chi connectivity index (χ0v) is 21.1. The molecule has 0 rings (SSSR count). The summed E-state index contributed by atoms with van der Waals surface area (Å²) >= 11 is 1.30. The number of hydrogen-bond donors (Lipinski definition) is 3. The summed E-state index contributed by atoms with van der Waals surface area (Å²) in [5.74, 6) is -2.80. The minimum atomic E-state index is -1.38. The van der Waals surface area contributed by atoms with Gasteiger partial charge in [0.2, 0.25) is 0 Å². The van der Waals surface area contributed by atoms with Gasteiger partial charge in [-0.3, -0.25) is 4.79 Å². The van der Waals surface area contributed by atoms with Gasteiger partial charge >= 0.3 is 0 Å².